The molecule has 4 atom stereocenters. The Morgan fingerprint density at radius 2 is 2.07 bits per heavy atom. The number of hydrogen-bond donors (Lipinski definition) is 3. The number of aliphatic hydroxyl groups excluding tert-OH is 1. The number of aliphatic hydroxyl groups is 2. The van der Waals surface area contributed by atoms with Gasteiger partial charge in [-0.15, -0.1) is 0 Å². The molecule has 3 rings (SSSR count). The highest BCUT2D eigenvalue weighted by atomic mass is 32.2. The second-order valence-electron chi connectivity index (χ2n) is 4.91. The van der Waals surface area contributed by atoms with E-state index in [1.807, 2.05) is 11.8 Å². The molecule has 14 heavy (non-hydrogen) atoms. The van der Waals surface area contributed by atoms with E-state index in [4.69, 9.17) is 0 Å². The van der Waals surface area contributed by atoms with Crippen molar-refractivity contribution < 1.29 is 10.2 Å². The van der Waals surface area contributed by atoms with E-state index in [-0.39, 0.29) is 5.92 Å². The molecule has 3 fully saturated rings. The van der Waals surface area contributed by atoms with Gasteiger partial charge in [-0.1, -0.05) is 0 Å². The fourth-order valence-corrected chi connectivity index (χ4v) is 3.50. The Balaban J connectivity index is 1.69. The van der Waals surface area contributed by atoms with Crippen LogP contribution in [0.2, 0.25) is 0 Å². The van der Waals surface area contributed by atoms with Crippen LogP contribution in [0.25, 0.3) is 0 Å². The molecule has 0 aromatic rings. The van der Waals surface area contributed by atoms with Crippen molar-refractivity contribution in [2.45, 2.75) is 29.8 Å². The Labute approximate surface area is 88.3 Å². The fraction of sp³-hybridized carbons (Fsp3) is 1.00. The van der Waals surface area contributed by atoms with Gasteiger partial charge < -0.3 is 15.5 Å². The van der Waals surface area contributed by atoms with E-state index in [0.717, 1.165) is 31.2 Å². The molecule has 3 N–H and O–H groups in total. The van der Waals surface area contributed by atoms with Gasteiger partial charge in [0.1, 0.15) is 0 Å². The molecule has 2 heterocycles. The van der Waals surface area contributed by atoms with Gasteiger partial charge in [0.2, 0.25) is 0 Å². The maximum absolute atomic E-state index is 10.1. The molecule has 80 valence electrons. The van der Waals surface area contributed by atoms with Gasteiger partial charge in [0.25, 0.3) is 0 Å². The highest BCUT2D eigenvalue weighted by Gasteiger charge is 2.54. The van der Waals surface area contributed by atoms with E-state index in [9.17, 15) is 10.2 Å². The van der Waals surface area contributed by atoms with Gasteiger partial charge in [-0.25, -0.2) is 0 Å². The van der Waals surface area contributed by atoms with Gasteiger partial charge in [-0.05, 0) is 25.3 Å². The Morgan fingerprint density at radius 1 is 1.36 bits per heavy atom. The van der Waals surface area contributed by atoms with Crippen LogP contribution < -0.4 is 5.32 Å². The summed E-state index contributed by atoms with van der Waals surface area (Å²) in [6.45, 7) is 1.90. The molecule has 3 nitrogen and oxygen atoms in total. The number of thioether (sulfide) groups is 1. The Hall–Kier alpha value is 0.230. The summed E-state index contributed by atoms with van der Waals surface area (Å²) in [6.07, 6.45) is 1.08. The monoisotopic (exact) mass is 215 g/mol. The molecule has 0 aromatic carbocycles. The second-order valence-corrected chi connectivity index (χ2v) is 6.18. The van der Waals surface area contributed by atoms with Crippen LogP contribution in [0, 0.1) is 11.8 Å². The standard InChI is InChI=1S/C10H17NO2S/c12-9(10(13)1-2-10)7-4-11-3-6(7)8-5-14-8/h6-9,11-13H,1-5H2. The molecule has 0 radical (unpaired) electrons. The van der Waals surface area contributed by atoms with Gasteiger partial charge in [-0.3, -0.25) is 0 Å². The van der Waals surface area contributed by atoms with Crippen LogP contribution in [-0.4, -0.2) is 46.0 Å². The third-order valence-corrected chi connectivity index (χ3v) is 4.93. The lowest BCUT2D eigenvalue weighted by atomic mass is 9.85. The van der Waals surface area contributed by atoms with Crippen molar-refractivity contribution >= 4 is 11.8 Å². The molecule has 0 aromatic heterocycles. The average molecular weight is 215 g/mol. The van der Waals surface area contributed by atoms with Crippen LogP contribution in [0.15, 0.2) is 0 Å². The highest BCUT2D eigenvalue weighted by molar-refractivity contribution is 8.06. The Kier molecular flexibility index (Phi) is 2.10. The first-order valence-corrected chi connectivity index (χ1v) is 6.48. The molecule has 0 bridgehead atoms. The van der Waals surface area contributed by atoms with E-state index in [2.05, 4.69) is 5.32 Å². The minimum absolute atomic E-state index is 0.280. The Bertz CT molecular complexity index is 240. The molecule has 0 spiro atoms. The SMILES string of the molecule is OC(C1CNCC1C1CS1)C1(O)CC1. The minimum Gasteiger partial charge on any atom is -0.390 e. The zero-order valence-electron chi connectivity index (χ0n) is 8.15. The predicted octanol–water partition coefficient (Wildman–Crippen LogP) is -0.177. The van der Waals surface area contributed by atoms with Crippen molar-refractivity contribution in [3.8, 4) is 0 Å². The largest absolute Gasteiger partial charge is 0.390 e. The van der Waals surface area contributed by atoms with Gasteiger partial charge in [-0.2, -0.15) is 11.8 Å². The van der Waals surface area contributed by atoms with Crippen molar-refractivity contribution in [2.75, 3.05) is 18.8 Å². The maximum Gasteiger partial charge on any atom is 0.0911 e. The molecular weight excluding hydrogens is 198 g/mol. The summed E-state index contributed by atoms with van der Waals surface area (Å²) in [5.41, 5.74) is -0.728. The lowest BCUT2D eigenvalue weighted by Gasteiger charge is -2.27. The minimum atomic E-state index is -0.728. The molecule has 0 amide bonds. The molecule has 1 saturated carbocycles. The normalized spacial score (nSPS) is 46.3. The van der Waals surface area contributed by atoms with E-state index in [1.54, 1.807) is 0 Å². The summed E-state index contributed by atoms with van der Waals surface area (Å²) < 4.78 is 0. The molecule has 4 unspecified atom stereocenters. The zero-order valence-corrected chi connectivity index (χ0v) is 8.96. The van der Waals surface area contributed by atoms with Crippen LogP contribution in [0.5, 0.6) is 0 Å². The highest BCUT2D eigenvalue weighted by Crippen LogP contribution is 2.48. The van der Waals surface area contributed by atoms with E-state index in [0.29, 0.717) is 5.92 Å². The molecule has 3 aliphatic rings. The quantitative estimate of drug-likeness (QED) is 0.572. The maximum atomic E-state index is 10.1. The molecular formula is C10H17NO2S. The third kappa shape index (κ3) is 1.48. The zero-order chi connectivity index (χ0) is 9.76. The number of nitrogens with one attached hydrogen (secondary N) is 1. The molecule has 2 aliphatic heterocycles. The van der Waals surface area contributed by atoms with Crippen LogP contribution in [0.1, 0.15) is 12.8 Å². The lowest BCUT2D eigenvalue weighted by Crippen LogP contribution is -2.40. The first kappa shape index (κ1) is 9.46. The third-order valence-electron chi connectivity index (χ3n) is 3.87. The van der Waals surface area contributed by atoms with Crippen molar-refractivity contribution in [2.24, 2.45) is 11.8 Å². The topological polar surface area (TPSA) is 52.5 Å². The fourth-order valence-electron chi connectivity index (χ4n) is 2.60. The summed E-state index contributed by atoms with van der Waals surface area (Å²) in [5.74, 6) is 2.11. The lowest BCUT2D eigenvalue weighted by molar-refractivity contribution is -0.0398. The summed E-state index contributed by atoms with van der Waals surface area (Å²) in [5, 5.41) is 24.1. The number of rotatable bonds is 3. The van der Waals surface area contributed by atoms with Gasteiger partial charge >= 0.3 is 0 Å². The summed E-state index contributed by atoms with van der Waals surface area (Å²) in [6, 6.07) is 0. The first-order chi connectivity index (χ1) is 6.71. The van der Waals surface area contributed by atoms with E-state index in [1.165, 1.54) is 5.75 Å². The van der Waals surface area contributed by atoms with E-state index >= 15 is 0 Å². The Morgan fingerprint density at radius 3 is 2.64 bits per heavy atom. The number of hydrogen-bond acceptors (Lipinski definition) is 4. The van der Waals surface area contributed by atoms with Crippen molar-refractivity contribution in [3.05, 3.63) is 0 Å². The average Bonchev–Trinajstić information content (AvgIpc) is 3.09. The van der Waals surface area contributed by atoms with Crippen LogP contribution >= 0.6 is 11.8 Å². The summed E-state index contributed by atoms with van der Waals surface area (Å²) in [7, 11) is 0. The van der Waals surface area contributed by atoms with E-state index < -0.39 is 11.7 Å². The smallest absolute Gasteiger partial charge is 0.0911 e. The molecule has 2 saturated heterocycles. The van der Waals surface area contributed by atoms with Crippen LogP contribution in [0.3, 0.4) is 0 Å². The molecule has 1 aliphatic carbocycles. The van der Waals surface area contributed by atoms with Crippen molar-refractivity contribution in [1.29, 1.82) is 0 Å². The second kappa shape index (κ2) is 3.11. The van der Waals surface area contributed by atoms with Gasteiger partial charge in [0, 0.05) is 23.5 Å². The molecule has 4 heteroatoms. The van der Waals surface area contributed by atoms with Crippen molar-refractivity contribution in [3.63, 3.8) is 0 Å². The van der Waals surface area contributed by atoms with Crippen molar-refractivity contribution in [1.82, 2.24) is 5.32 Å². The van der Waals surface area contributed by atoms with Gasteiger partial charge in [0.05, 0.1) is 11.7 Å². The van der Waals surface area contributed by atoms with Crippen LogP contribution in [-0.2, 0) is 0 Å². The first-order valence-electron chi connectivity index (χ1n) is 5.43. The predicted molar refractivity (Wildman–Crippen MR) is 56.3 cm³/mol. The summed E-state index contributed by atoms with van der Waals surface area (Å²) >= 11 is 1.99. The van der Waals surface area contributed by atoms with Crippen LogP contribution in [0.4, 0.5) is 0 Å². The summed E-state index contributed by atoms with van der Waals surface area (Å²) in [4.78, 5) is 0. The van der Waals surface area contributed by atoms with Gasteiger partial charge in [0.15, 0.2) is 0 Å².